The van der Waals surface area contributed by atoms with Crippen molar-refractivity contribution in [3.8, 4) is 0 Å². The Balaban J connectivity index is 1.56. The van der Waals surface area contributed by atoms with Crippen LogP contribution in [0.5, 0.6) is 0 Å². The van der Waals surface area contributed by atoms with Gasteiger partial charge in [-0.1, -0.05) is 19.4 Å². The second kappa shape index (κ2) is 7.64. The lowest BCUT2D eigenvalue weighted by Crippen LogP contribution is -2.31. The van der Waals surface area contributed by atoms with E-state index in [1.807, 2.05) is 30.5 Å². The van der Waals surface area contributed by atoms with Gasteiger partial charge in [-0.05, 0) is 57.0 Å². The quantitative estimate of drug-likeness (QED) is 0.604. The van der Waals surface area contributed by atoms with Crippen LogP contribution in [0.1, 0.15) is 48.7 Å². The normalized spacial score (nSPS) is 15.9. The van der Waals surface area contributed by atoms with E-state index in [2.05, 4.69) is 16.2 Å². The highest BCUT2D eigenvalue weighted by Crippen LogP contribution is 2.18. The highest BCUT2D eigenvalue weighted by Gasteiger charge is 2.16. The second-order valence-electron chi connectivity index (χ2n) is 6.25. The summed E-state index contributed by atoms with van der Waals surface area (Å²) in [5, 5.41) is 0. The Labute approximate surface area is 138 Å². The van der Waals surface area contributed by atoms with Crippen LogP contribution >= 0.6 is 0 Å². The first-order valence-corrected chi connectivity index (χ1v) is 8.78. The van der Waals surface area contributed by atoms with Gasteiger partial charge in [0.2, 0.25) is 0 Å². The molecule has 1 aliphatic heterocycles. The van der Waals surface area contributed by atoms with Crippen LogP contribution in [0, 0.1) is 0 Å². The molecule has 0 bridgehead atoms. The average molecular weight is 314 g/mol. The van der Waals surface area contributed by atoms with Gasteiger partial charge in [0.05, 0.1) is 17.7 Å². The number of fused-ring (bicyclic) bond motifs is 1. The number of esters is 1. The predicted molar refractivity (Wildman–Crippen MR) is 92.0 cm³/mol. The van der Waals surface area contributed by atoms with Crippen LogP contribution in [-0.4, -0.2) is 41.5 Å². The van der Waals surface area contributed by atoms with Crippen molar-refractivity contribution in [1.82, 2.24) is 9.30 Å². The summed E-state index contributed by atoms with van der Waals surface area (Å²) in [4.78, 5) is 14.9. The van der Waals surface area contributed by atoms with E-state index in [1.54, 1.807) is 0 Å². The maximum atomic E-state index is 12.4. The lowest BCUT2D eigenvalue weighted by molar-refractivity contribution is 0.0488. The molecule has 1 fully saturated rings. The zero-order chi connectivity index (χ0) is 16.1. The summed E-state index contributed by atoms with van der Waals surface area (Å²) in [6.07, 6.45) is 7.77. The third-order valence-electron chi connectivity index (χ3n) is 4.64. The molecule has 1 saturated heterocycles. The fourth-order valence-corrected chi connectivity index (χ4v) is 3.37. The first-order valence-electron chi connectivity index (χ1n) is 8.78. The van der Waals surface area contributed by atoms with Crippen LogP contribution in [0.15, 0.2) is 30.5 Å². The smallest absolute Gasteiger partial charge is 0.340 e. The van der Waals surface area contributed by atoms with E-state index in [-0.39, 0.29) is 5.97 Å². The van der Waals surface area contributed by atoms with Crippen LogP contribution in [0.2, 0.25) is 0 Å². The SMILES string of the molecule is CCc1cc(C(=O)OCCCN2CCCCC2)c2ccccn12. The molecule has 2 aromatic heterocycles. The summed E-state index contributed by atoms with van der Waals surface area (Å²) in [7, 11) is 0. The van der Waals surface area contributed by atoms with E-state index >= 15 is 0 Å². The summed E-state index contributed by atoms with van der Waals surface area (Å²) in [6.45, 7) is 6.02. The van der Waals surface area contributed by atoms with Gasteiger partial charge in [-0.25, -0.2) is 4.79 Å². The van der Waals surface area contributed by atoms with E-state index < -0.39 is 0 Å². The molecule has 0 amide bonds. The number of aryl methyl sites for hydroxylation is 1. The predicted octanol–water partition coefficient (Wildman–Crippen LogP) is 3.53. The number of rotatable bonds is 6. The fourth-order valence-electron chi connectivity index (χ4n) is 3.37. The maximum absolute atomic E-state index is 12.4. The Morgan fingerprint density at radius 3 is 2.83 bits per heavy atom. The number of nitrogens with zero attached hydrogens (tertiary/aromatic N) is 2. The van der Waals surface area contributed by atoms with Crippen LogP contribution in [0.4, 0.5) is 0 Å². The van der Waals surface area contributed by atoms with Crippen molar-refractivity contribution in [2.24, 2.45) is 0 Å². The van der Waals surface area contributed by atoms with Crippen molar-refractivity contribution in [3.63, 3.8) is 0 Å². The van der Waals surface area contributed by atoms with Gasteiger partial charge >= 0.3 is 5.97 Å². The number of piperidine rings is 1. The molecule has 0 unspecified atom stereocenters. The van der Waals surface area contributed by atoms with Gasteiger partial charge in [-0.15, -0.1) is 0 Å². The number of carbonyl (C=O) groups excluding carboxylic acids is 1. The molecule has 0 radical (unpaired) electrons. The zero-order valence-electron chi connectivity index (χ0n) is 14.0. The van der Waals surface area contributed by atoms with Crippen molar-refractivity contribution in [1.29, 1.82) is 0 Å². The van der Waals surface area contributed by atoms with Crippen LogP contribution in [0.3, 0.4) is 0 Å². The van der Waals surface area contributed by atoms with Crippen LogP contribution in [-0.2, 0) is 11.2 Å². The molecule has 0 aliphatic carbocycles. The maximum Gasteiger partial charge on any atom is 0.340 e. The third-order valence-corrected chi connectivity index (χ3v) is 4.64. The minimum Gasteiger partial charge on any atom is -0.462 e. The molecule has 0 saturated carbocycles. The van der Waals surface area contributed by atoms with Gasteiger partial charge < -0.3 is 14.0 Å². The molecule has 2 aromatic rings. The summed E-state index contributed by atoms with van der Waals surface area (Å²) in [5.41, 5.74) is 2.76. The lowest BCUT2D eigenvalue weighted by atomic mass is 10.1. The second-order valence-corrected chi connectivity index (χ2v) is 6.25. The Kier molecular flexibility index (Phi) is 5.34. The van der Waals surface area contributed by atoms with E-state index in [4.69, 9.17) is 4.74 Å². The van der Waals surface area contributed by atoms with E-state index in [0.29, 0.717) is 12.2 Å². The molecule has 0 N–H and O–H groups in total. The summed E-state index contributed by atoms with van der Waals surface area (Å²) in [5.74, 6) is -0.202. The van der Waals surface area contributed by atoms with Crippen LogP contribution < -0.4 is 0 Å². The minimum absolute atomic E-state index is 0.202. The van der Waals surface area contributed by atoms with Crippen LogP contribution in [0.25, 0.3) is 5.52 Å². The van der Waals surface area contributed by atoms with Gasteiger partial charge in [-0.3, -0.25) is 0 Å². The number of carbonyl (C=O) groups is 1. The molecule has 0 spiro atoms. The molecule has 124 valence electrons. The third kappa shape index (κ3) is 3.75. The Bertz CT molecular complexity index is 656. The van der Waals surface area contributed by atoms with Gasteiger partial charge in [0.1, 0.15) is 0 Å². The first kappa shape index (κ1) is 16.1. The zero-order valence-corrected chi connectivity index (χ0v) is 14.0. The van der Waals surface area contributed by atoms with Crippen molar-refractivity contribution in [2.45, 2.75) is 39.0 Å². The monoisotopic (exact) mass is 314 g/mol. The van der Waals surface area contributed by atoms with Crippen molar-refractivity contribution in [2.75, 3.05) is 26.2 Å². The first-order chi connectivity index (χ1) is 11.3. The standard InChI is InChI=1S/C19H26N2O2/c1-2-16-15-17(18-9-4-7-13-21(16)18)19(22)23-14-8-12-20-10-5-3-6-11-20/h4,7,9,13,15H,2-3,5-6,8,10-12,14H2,1H3. The number of likely N-dealkylation sites (tertiary alicyclic amines) is 1. The molecule has 1 aliphatic rings. The highest BCUT2D eigenvalue weighted by molar-refractivity contribution is 5.97. The number of aromatic nitrogens is 1. The highest BCUT2D eigenvalue weighted by atomic mass is 16.5. The van der Waals surface area contributed by atoms with Crippen molar-refractivity contribution in [3.05, 3.63) is 41.7 Å². The Morgan fingerprint density at radius 1 is 1.22 bits per heavy atom. The molecular weight excluding hydrogens is 288 g/mol. The topological polar surface area (TPSA) is 34.0 Å². The number of ether oxygens (including phenoxy) is 1. The largest absolute Gasteiger partial charge is 0.462 e. The van der Waals surface area contributed by atoms with E-state index in [0.717, 1.165) is 30.6 Å². The summed E-state index contributed by atoms with van der Waals surface area (Å²) >= 11 is 0. The number of hydrogen-bond donors (Lipinski definition) is 0. The summed E-state index contributed by atoms with van der Waals surface area (Å²) < 4.78 is 7.58. The molecule has 4 heteroatoms. The number of hydrogen-bond acceptors (Lipinski definition) is 3. The number of pyridine rings is 1. The molecule has 3 heterocycles. The molecule has 3 rings (SSSR count). The van der Waals surface area contributed by atoms with Gasteiger partial charge in [0, 0.05) is 18.4 Å². The summed E-state index contributed by atoms with van der Waals surface area (Å²) in [6, 6.07) is 7.88. The molecule has 23 heavy (non-hydrogen) atoms. The van der Waals surface area contributed by atoms with E-state index in [9.17, 15) is 4.79 Å². The minimum atomic E-state index is -0.202. The van der Waals surface area contributed by atoms with Crippen molar-refractivity contribution >= 4 is 11.5 Å². The van der Waals surface area contributed by atoms with Gasteiger partial charge in [0.15, 0.2) is 0 Å². The molecule has 0 atom stereocenters. The Hall–Kier alpha value is -1.81. The van der Waals surface area contributed by atoms with Crippen molar-refractivity contribution < 1.29 is 9.53 Å². The van der Waals surface area contributed by atoms with Gasteiger partial charge in [-0.2, -0.15) is 0 Å². The van der Waals surface area contributed by atoms with E-state index in [1.165, 1.54) is 32.4 Å². The lowest BCUT2D eigenvalue weighted by Gasteiger charge is -2.26. The Morgan fingerprint density at radius 2 is 2.04 bits per heavy atom. The van der Waals surface area contributed by atoms with Gasteiger partial charge in [0.25, 0.3) is 0 Å². The average Bonchev–Trinajstić information content (AvgIpc) is 2.98. The fraction of sp³-hybridized carbons (Fsp3) is 0.526. The molecule has 4 nitrogen and oxygen atoms in total. The molecular formula is C19H26N2O2. The molecule has 0 aromatic carbocycles.